The number of halogens is 2. The molecule has 0 N–H and O–H groups in total. The third-order valence-electron chi connectivity index (χ3n) is 7.75. The number of rotatable bonds is 4. The zero-order valence-electron chi connectivity index (χ0n) is 21.8. The van der Waals surface area contributed by atoms with Gasteiger partial charge in [0.05, 0.1) is 0 Å². The van der Waals surface area contributed by atoms with Gasteiger partial charge in [-0.1, -0.05) is 37.1 Å². The molecule has 2 saturated carbocycles. The number of hydrogen-bond acceptors (Lipinski definition) is 0. The Balaban J connectivity index is 0.000000157. The molecule has 190 valence electrons. The van der Waals surface area contributed by atoms with Crippen LogP contribution in [0.2, 0.25) is 12.1 Å². The molecule has 1 heterocycles. The van der Waals surface area contributed by atoms with E-state index in [1.807, 2.05) is 0 Å². The summed E-state index contributed by atoms with van der Waals surface area (Å²) in [6, 6.07) is 26.2. The van der Waals surface area contributed by atoms with Crippen molar-refractivity contribution >= 4 is 27.0 Å². The third kappa shape index (κ3) is 7.46. The molecule has 1 aliphatic heterocycles. The number of fused-ring (bicyclic) bond motifs is 2. The molecule has 7 rings (SSSR count). The molecule has 0 radical (unpaired) electrons. The van der Waals surface area contributed by atoms with Crippen molar-refractivity contribution in [1.29, 1.82) is 0 Å². The van der Waals surface area contributed by atoms with Crippen LogP contribution in [-0.4, -0.2) is 5.49 Å². The molecule has 0 atom stereocenters. The monoisotopic (exact) mass is 700 g/mol. The third-order valence-corrected chi connectivity index (χ3v) is 15.0. The normalized spacial score (nSPS) is 16.5. The van der Waals surface area contributed by atoms with Gasteiger partial charge in [0.2, 0.25) is 0 Å². The second kappa shape index (κ2) is 13.9. The van der Waals surface area contributed by atoms with E-state index in [1.165, 1.54) is 58.4 Å². The van der Waals surface area contributed by atoms with Crippen LogP contribution in [0.5, 0.6) is 0 Å². The van der Waals surface area contributed by atoms with Crippen molar-refractivity contribution in [2.45, 2.75) is 89.1 Å². The molecule has 4 heteroatoms. The van der Waals surface area contributed by atoms with E-state index in [1.54, 1.807) is 59.1 Å². The molecular formula is C32H38Cl2HfSi-2. The summed E-state index contributed by atoms with van der Waals surface area (Å²) in [7, 11) is 0. The van der Waals surface area contributed by atoms with Gasteiger partial charge in [-0.25, -0.2) is 0 Å². The van der Waals surface area contributed by atoms with Crippen LogP contribution in [0.4, 0.5) is 0 Å². The topological polar surface area (TPSA) is 0 Å². The molecule has 2 aliphatic carbocycles. The van der Waals surface area contributed by atoms with Crippen LogP contribution in [0.15, 0.2) is 60.7 Å². The van der Waals surface area contributed by atoms with Gasteiger partial charge in [0.15, 0.2) is 0 Å². The van der Waals surface area contributed by atoms with Gasteiger partial charge in [-0.2, -0.15) is 12.1 Å². The minimum absolute atomic E-state index is 0. The van der Waals surface area contributed by atoms with E-state index < -0.39 is 0 Å². The van der Waals surface area contributed by atoms with Crippen molar-refractivity contribution in [2.24, 2.45) is 0 Å². The van der Waals surface area contributed by atoms with E-state index >= 15 is 0 Å². The quantitative estimate of drug-likeness (QED) is 0.227. The van der Waals surface area contributed by atoms with Gasteiger partial charge in [-0.3, -0.25) is 0 Å². The van der Waals surface area contributed by atoms with Gasteiger partial charge in [-0.05, 0) is 50.4 Å². The Morgan fingerprint density at radius 2 is 1.14 bits per heavy atom. The van der Waals surface area contributed by atoms with Crippen LogP contribution < -0.4 is 24.8 Å². The van der Waals surface area contributed by atoms with Crippen LogP contribution >= 0.6 is 0 Å². The SMILES string of the molecule is CCc1cc2c(C3CC3)cccc2[cH-]1.CCc1cc2c(C3CC3)cccc2[cH-]1.[Cl-].[Cl-].[Hf+2]=[Si]1CCCC1. The van der Waals surface area contributed by atoms with Gasteiger partial charge in [-0.15, -0.1) is 69.1 Å². The van der Waals surface area contributed by atoms with Crippen molar-refractivity contribution in [3.63, 3.8) is 0 Å². The Hall–Kier alpha value is -0.673. The number of benzene rings is 2. The first-order valence-electron chi connectivity index (χ1n) is 13.6. The van der Waals surface area contributed by atoms with E-state index in [4.69, 9.17) is 0 Å². The molecule has 0 amide bonds. The van der Waals surface area contributed by atoms with Gasteiger partial charge in [0, 0.05) is 0 Å². The fourth-order valence-electron chi connectivity index (χ4n) is 5.35. The van der Waals surface area contributed by atoms with Crippen LogP contribution in [-0.2, 0) is 35.8 Å². The van der Waals surface area contributed by atoms with E-state index in [2.05, 4.69) is 74.5 Å². The van der Waals surface area contributed by atoms with Crippen molar-refractivity contribution in [3.8, 4) is 0 Å². The van der Waals surface area contributed by atoms with Crippen LogP contribution in [0, 0.1) is 0 Å². The zero-order chi connectivity index (χ0) is 23.5. The maximum atomic E-state index is 2.38. The summed E-state index contributed by atoms with van der Waals surface area (Å²) >= 11 is 1.55. The molecule has 0 nitrogen and oxygen atoms in total. The Morgan fingerprint density at radius 1 is 0.722 bits per heavy atom. The molecule has 4 aromatic rings. The molecule has 3 aliphatic rings. The average Bonchev–Trinajstić information content (AvgIpc) is 3.75. The molecule has 3 fully saturated rings. The molecule has 0 spiro atoms. The summed E-state index contributed by atoms with van der Waals surface area (Å²) in [6.45, 7) is 4.45. The maximum absolute atomic E-state index is 2.38. The molecule has 1 saturated heterocycles. The fraction of sp³-hybridized carbons (Fsp3) is 0.438. The van der Waals surface area contributed by atoms with E-state index in [9.17, 15) is 0 Å². The van der Waals surface area contributed by atoms with Gasteiger partial charge in [0.25, 0.3) is 0 Å². The van der Waals surface area contributed by atoms with Crippen molar-refractivity contribution in [3.05, 3.63) is 82.9 Å². The summed E-state index contributed by atoms with van der Waals surface area (Å²) in [5.41, 5.74) is 6.51. The Kier molecular flexibility index (Phi) is 11.6. The van der Waals surface area contributed by atoms with Crippen molar-refractivity contribution in [2.75, 3.05) is 0 Å². The van der Waals surface area contributed by atoms with Gasteiger partial charge >= 0.3 is 53.4 Å². The second-order valence-electron chi connectivity index (χ2n) is 10.5. The van der Waals surface area contributed by atoms with Crippen LogP contribution in [0.1, 0.15) is 86.5 Å². The molecular weight excluding hydrogens is 662 g/mol. The van der Waals surface area contributed by atoms with Gasteiger partial charge < -0.3 is 24.8 Å². The Bertz CT molecular complexity index is 1180. The Labute approximate surface area is 245 Å². The Morgan fingerprint density at radius 3 is 1.44 bits per heavy atom. The number of hydrogen-bond donors (Lipinski definition) is 0. The first-order chi connectivity index (χ1) is 16.7. The van der Waals surface area contributed by atoms with E-state index in [0.717, 1.165) is 24.7 Å². The van der Waals surface area contributed by atoms with Crippen molar-refractivity contribution < 1.29 is 47.8 Å². The van der Waals surface area contributed by atoms with Crippen LogP contribution in [0.3, 0.4) is 0 Å². The molecule has 0 aromatic heterocycles. The molecule has 0 unspecified atom stereocenters. The summed E-state index contributed by atoms with van der Waals surface area (Å²) < 4.78 is 0. The fourth-order valence-corrected chi connectivity index (χ4v) is 10.8. The van der Waals surface area contributed by atoms with Crippen molar-refractivity contribution in [1.82, 2.24) is 0 Å². The zero-order valence-corrected chi connectivity index (χ0v) is 27.9. The number of aryl methyl sites for hydroxylation is 2. The summed E-state index contributed by atoms with van der Waals surface area (Å²) in [5, 5.41) is 5.89. The average molecular weight is 700 g/mol. The van der Waals surface area contributed by atoms with E-state index in [-0.39, 0.29) is 24.8 Å². The molecule has 4 aromatic carbocycles. The predicted molar refractivity (Wildman–Crippen MR) is 146 cm³/mol. The molecule has 0 bridgehead atoms. The molecule has 36 heavy (non-hydrogen) atoms. The minimum atomic E-state index is 0. The summed E-state index contributed by atoms with van der Waals surface area (Å²) in [5.74, 6) is 1.73. The summed E-state index contributed by atoms with van der Waals surface area (Å²) in [4.78, 5) is 0. The first kappa shape index (κ1) is 29.9. The first-order valence-corrected chi connectivity index (χ1v) is 20.9. The van der Waals surface area contributed by atoms with Gasteiger partial charge in [0.1, 0.15) is 0 Å². The summed E-state index contributed by atoms with van der Waals surface area (Å²) in [6.07, 6.45) is 11.0. The predicted octanol–water partition coefficient (Wildman–Crippen LogP) is 3.32. The van der Waals surface area contributed by atoms with E-state index in [0.29, 0.717) is 5.49 Å². The second-order valence-corrected chi connectivity index (χ2v) is 20.3. The van der Waals surface area contributed by atoms with Crippen LogP contribution in [0.25, 0.3) is 21.5 Å². The standard InChI is InChI=1S/2C14H15.C4H8Si.2ClH.Hf/c2*1-2-10-8-12-4-3-5-13(11-6-7-11)14(12)9-10;1-2-4-5-3-1;;;/h2*3-5,8-9,11H,2,6-7H2,1H3;1-4H2;2*1H;/q2*-1;;;;+2/p-2.